The summed E-state index contributed by atoms with van der Waals surface area (Å²) in [6.45, 7) is 0.968. The lowest BCUT2D eigenvalue weighted by Crippen LogP contribution is -2.52. The van der Waals surface area contributed by atoms with Crippen molar-refractivity contribution in [2.75, 3.05) is 20.2 Å². The molecule has 1 N–H and O–H groups in total. The Labute approximate surface area is 158 Å². The highest BCUT2D eigenvalue weighted by Crippen LogP contribution is 2.18. The Morgan fingerprint density at radius 3 is 2.81 bits per heavy atom. The van der Waals surface area contributed by atoms with Crippen LogP contribution in [0, 0.1) is 0 Å². The molecule has 1 saturated heterocycles. The number of piperidine rings is 1. The molecule has 1 atom stereocenters. The lowest BCUT2D eigenvalue weighted by atomic mass is 10.0. The smallest absolute Gasteiger partial charge is 0.410 e. The maximum atomic E-state index is 12.5. The van der Waals surface area contributed by atoms with Gasteiger partial charge in [-0.2, -0.15) is 0 Å². The second-order valence-corrected chi connectivity index (χ2v) is 6.44. The summed E-state index contributed by atoms with van der Waals surface area (Å²) in [5.74, 6) is 0.518. The van der Waals surface area contributed by atoms with Crippen molar-refractivity contribution in [2.45, 2.75) is 31.7 Å². The summed E-state index contributed by atoms with van der Waals surface area (Å²) >= 11 is 0. The first kappa shape index (κ1) is 18.8. The fourth-order valence-electron chi connectivity index (χ4n) is 3.24. The highest BCUT2D eigenvalue weighted by molar-refractivity contribution is 5.85. The van der Waals surface area contributed by atoms with E-state index in [-0.39, 0.29) is 5.91 Å². The molecule has 1 fully saturated rings. The second-order valence-electron chi connectivity index (χ2n) is 6.44. The van der Waals surface area contributed by atoms with Gasteiger partial charge in [-0.15, -0.1) is 0 Å². The Morgan fingerprint density at radius 1 is 1.22 bits per heavy atom. The number of amides is 2. The first-order valence-corrected chi connectivity index (χ1v) is 9.18. The van der Waals surface area contributed by atoms with Crippen LogP contribution in [0.15, 0.2) is 42.6 Å². The summed E-state index contributed by atoms with van der Waals surface area (Å²) in [5, 5.41) is 2.90. The molecule has 142 valence electrons. The van der Waals surface area contributed by atoms with Gasteiger partial charge in [0.1, 0.15) is 11.9 Å². The zero-order chi connectivity index (χ0) is 19.1. The largest absolute Gasteiger partial charge is 0.453 e. The molecule has 1 aromatic heterocycles. The van der Waals surface area contributed by atoms with Crippen molar-refractivity contribution in [3.8, 4) is 11.3 Å². The maximum absolute atomic E-state index is 12.5. The quantitative estimate of drug-likeness (QED) is 0.876. The third kappa shape index (κ3) is 4.81. The summed E-state index contributed by atoms with van der Waals surface area (Å²) in [4.78, 5) is 34.7. The number of carbonyl (C=O) groups excluding carboxylic acids is 2. The van der Waals surface area contributed by atoms with E-state index in [0.717, 1.165) is 24.1 Å². The van der Waals surface area contributed by atoms with Crippen LogP contribution in [0.2, 0.25) is 0 Å². The highest BCUT2D eigenvalue weighted by atomic mass is 16.5. The van der Waals surface area contributed by atoms with E-state index in [1.807, 2.05) is 36.4 Å². The average Bonchev–Trinajstić information content (AvgIpc) is 2.74. The zero-order valence-corrected chi connectivity index (χ0v) is 15.4. The number of nitrogens with one attached hydrogen (secondary N) is 1. The molecule has 1 aromatic carbocycles. The van der Waals surface area contributed by atoms with Crippen LogP contribution < -0.4 is 5.32 Å². The van der Waals surface area contributed by atoms with Gasteiger partial charge < -0.3 is 10.1 Å². The SMILES string of the molecule is COC(=O)N1CCCCC1C(=O)NCCc1nccc(-c2ccccc2)n1. The molecule has 27 heavy (non-hydrogen) atoms. The molecule has 1 unspecified atom stereocenters. The summed E-state index contributed by atoms with van der Waals surface area (Å²) in [6.07, 6.45) is 4.27. The van der Waals surface area contributed by atoms with Crippen LogP contribution in [0.5, 0.6) is 0 Å². The van der Waals surface area contributed by atoms with Gasteiger partial charge >= 0.3 is 6.09 Å². The van der Waals surface area contributed by atoms with Gasteiger partial charge in [0.05, 0.1) is 12.8 Å². The molecule has 0 saturated carbocycles. The highest BCUT2D eigenvalue weighted by Gasteiger charge is 2.32. The fraction of sp³-hybridized carbons (Fsp3) is 0.400. The van der Waals surface area contributed by atoms with Crippen LogP contribution in [-0.4, -0.2) is 53.1 Å². The molecule has 7 heteroatoms. The van der Waals surface area contributed by atoms with Crippen molar-refractivity contribution in [2.24, 2.45) is 0 Å². The number of hydrogen-bond donors (Lipinski definition) is 1. The fourth-order valence-corrected chi connectivity index (χ4v) is 3.24. The maximum Gasteiger partial charge on any atom is 0.410 e. The molecule has 2 heterocycles. The van der Waals surface area contributed by atoms with Crippen molar-refractivity contribution < 1.29 is 14.3 Å². The van der Waals surface area contributed by atoms with Gasteiger partial charge in [0.25, 0.3) is 0 Å². The van der Waals surface area contributed by atoms with E-state index in [2.05, 4.69) is 15.3 Å². The number of ether oxygens (including phenoxy) is 1. The van der Waals surface area contributed by atoms with E-state index < -0.39 is 12.1 Å². The molecule has 2 aromatic rings. The number of likely N-dealkylation sites (tertiary alicyclic amines) is 1. The Bertz CT molecular complexity index is 782. The van der Waals surface area contributed by atoms with Gasteiger partial charge in [0, 0.05) is 31.3 Å². The number of rotatable bonds is 5. The minimum absolute atomic E-state index is 0.153. The summed E-state index contributed by atoms with van der Waals surface area (Å²) < 4.78 is 4.79. The Hall–Kier alpha value is -2.96. The number of methoxy groups -OCH3 is 1. The minimum Gasteiger partial charge on any atom is -0.453 e. The van der Waals surface area contributed by atoms with E-state index in [4.69, 9.17) is 4.74 Å². The first-order chi connectivity index (χ1) is 13.2. The van der Waals surface area contributed by atoms with Crippen molar-refractivity contribution in [3.63, 3.8) is 0 Å². The predicted molar refractivity (Wildman–Crippen MR) is 101 cm³/mol. The summed E-state index contributed by atoms with van der Waals surface area (Å²) in [6, 6.07) is 11.3. The lowest BCUT2D eigenvalue weighted by Gasteiger charge is -2.33. The van der Waals surface area contributed by atoms with Crippen LogP contribution >= 0.6 is 0 Å². The number of aromatic nitrogens is 2. The molecule has 0 spiro atoms. The molecular formula is C20H24N4O3. The molecule has 1 aliphatic rings. The van der Waals surface area contributed by atoms with E-state index in [9.17, 15) is 9.59 Å². The topological polar surface area (TPSA) is 84.4 Å². The Balaban J connectivity index is 1.56. The molecule has 1 aliphatic heterocycles. The Morgan fingerprint density at radius 2 is 2.04 bits per heavy atom. The van der Waals surface area contributed by atoms with E-state index in [0.29, 0.717) is 31.8 Å². The molecule has 0 radical (unpaired) electrons. The van der Waals surface area contributed by atoms with Crippen LogP contribution in [0.1, 0.15) is 25.1 Å². The normalized spacial score (nSPS) is 16.6. The second kappa shape index (κ2) is 9.12. The molecule has 3 rings (SSSR count). The predicted octanol–water partition coefficient (Wildman–Crippen LogP) is 2.42. The molecular weight excluding hydrogens is 344 g/mol. The monoisotopic (exact) mass is 368 g/mol. The summed E-state index contributed by atoms with van der Waals surface area (Å²) in [5.41, 5.74) is 1.89. The van der Waals surface area contributed by atoms with E-state index in [1.54, 1.807) is 6.20 Å². The zero-order valence-electron chi connectivity index (χ0n) is 15.4. The van der Waals surface area contributed by atoms with Gasteiger partial charge in [-0.1, -0.05) is 30.3 Å². The van der Waals surface area contributed by atoms with Gasteiger partial charge in [-0.05, 0) is 25.3 Å². The van der Waals surface area contributed by atoms with Gasteiger partial charge in [-0.3, -0.25) is 9.69 Å². The van der Waals surface area contributed by atoms with Crippen LogP contribution in [0.25, 0.3) is 11.3 Å². The minimum atomic E-state index is -0.470. The van der Waals surface area contributed by atoms with Crippen LogP contribution in [0.3, 0.4) is 0 Å². The van der Waals surface area contributed by atoms with Crippen molar-refractivity contribution in [1.82, 2.24) is 20.2 Å². The van der Waals surface area contributed by atoms with Crippen LogP contribution in [0.4, 0.5) is 4.79 Å². The van der Waals surface area contributed by atoms with Crippen LogP contribution in [-0.2, 0) is 16.0 Å². The molecule has 7 nitrogen and oxygen atoms in total. The number of hydrogen-bond acceptors (Lipinski definition) is 5. The molecule has 2 amide bonds. The van der Waals surface area contributed by atoms with Gasteiger partial charge in [0.2, 0.25) is 5.91 Å². The van der Waals surface area contributed by atoms with Gasteiger partial charge in [-0.25, -0.2) is 14.8 Å². The summed E-state index contributed by atoms with van der Waals surface area (Å²) in [7, 11) is 1.34. The average molecular weight is 368 g/mol. The standard InChI is InChI=1S/C20H24N4O3/c1-27-20(26)24-14-6-5-9-17(24)19(25)22-13-11-18-21-12-10-16(23-18)15-7-3-2-4-8-15/h2-4,7-8,10,12,17H,5-6,9,11,13-14H2,1H3,(H,22,25). The van der Waals surface area contributed by atoms with Crippen molar-refractivity contribution >= 4 is 12.0 Å². The van der Waals surface area contributed by atoms with Crippen molar-refractivity contribution in [3.05, 3.63) is 48.4 Å². The molecule has 0 bridgehead atoms. The molecule has 0 aliphatic carbocycles. The Kier molecular flexibility index (Phi) is 6.35. The van der Waals surface area contributed by atoms with E-state index >= 15 is 0 Å². The van der Waals surface area contributed by atoms with E-state index in [1.165, 1.54) is 12.0 Å². The lowest BCUT2D eigenvalue weighted by molar-refractivity contribution is -0.126. The first-order valence-electron chi connectivity index (χ1n) is 9.18. The number of carbonyl (C=O) groups is 2. The van der Waals surface area contributed by atoms with Gasteiger partial charge in [0.15, 0.2) is 0 Å². The number of benzene rings is 1. The number of nitrogens with zero attached hydrogens (tertiary/aromatic N) is 3. The third-order valence-corrected chi connectivity index (χ3v) is 4.64. The van der Waals surface area contributed by atoms with Crippen molar-refractivity contribution in [1.29, 1.82) is 0 Å². The third-order valence-electron chi connectivity index (χ3n) is 4.64.